The second-order valence-electron chi connectivity index (χ2n) is 7.07. The molecule has 158 valence electrons. The molecule has 30 heavy (non-hydrogen) atoms. The summed E-state index contributed by atoms with van der Waals surface area (Å²) in [5.74, 6) is 0.860. The largest absolute Gasteiger partial charge is 0.497 e. The third-order valence-electron chi connectivity index (χ3n) is 4.68. The first-order valence-electron chi connectivity index (χ1n) is 9.52. The van der Waals surface area contributed by atoms with E-state index in [1.807, 2.05) is 68.4 Å². The van der Waals surface area contributed by atoms with E-state index in [1.54, 1.807) is 23.8 Å². The molecular formula is C23H24BrNO4S. The number of halogens is 1. The van der Waals surface area contributed by atoms with Gasteiger partial charge < -0.3 is 9.47 Å². The zero-order chi connectivity index (χ0) is 21.7. The number of hydrogen-bond donors (Lipinski definition) is 0. The third kappa shape index (κ3) is 5.08. The average Bonchev–Trinajstić information content (AvgIpc) is 2.77. The van der Waals surface area contributed by atoms with Gasteiger partial charge in [-0.1, -0.05) is 58.4 Å². The van der Waals surface area contributed by atoms with Crippen molar-refractivity contribution in [1.29, 1.82) is 0 Å². The van der Waals surface area contributed by atoms with Crippen molar-refractivity contribution < 1.29 is 19.1 Å². The molecule has 0 bridgehead atoms. The molecule has 7 heteroatoms. The first-order chi connectivity index (χ1) is 14.4. The van der Waals surface area contributed by atoms with Crippen LogP contribution in [0.25, 0.3) is 0 Å². The maximum absolute atomic E-state index is 12.9. The Morgan fingerprint density at radius 3 is 2.33 bits per heavy atom. The summed E-state index contributed by atoms with van der Waals surface area (Å²) < 4.78 is 10.7. The van der Waals surface area contributed by atoms with Crippen LogP contribution in [0, 0.1) is 0 Å². The number of esters is 1. The van der Waals surface area contributed by atoms with Crippen molar-refractivity contribution in [3.05, 3.63) is 77.0 Å². The van der Waals surface area contributed by atoms with Crippen LogP contribution in [0.4, 0.5) is 0 Å². The summed E-state index contributed by atoms with van der Waals surface area (Å²) in [5.41, 5.74) is 3.07. The maximum Gasteiger partial charge on any atom is 0.355 e. The van der Waals surface area contributed by atoms with E-state index in [-0.39, 0.29) is 22.7 Å². The highest BCUT2D eigenvalue weighted by Crippen LogP contribution is 2.40. The Labute approximate surface area is 189 Å². The summed E-state index contributed by atoms with van der Waals surface area (Å²) in [7, 11) is 1.60. The Kier molecular flexibility index (Phi) is 7.61. The van der Waals surface area contributed by atoms with Crippen LogP contribution in [-0.2, 0) is 26.7 Å². The lowest BCUT2D eigenvalue weighted by Gasteiger charge is -2.44. The molecular weight excluding hydrogens is 466 g/mol. The van der Waals surface area contributed by atoms with Crippen LogP contribution in [0.2, 0.25) is 0 Å². The molecule has 1 aliphatic heterocycles. The Morgan fingerprint density at radius 2 is 1.73 bits per heavy atom. The fourth-order valence-corrected chi connectivity index (χ4v) is 5.18. The van der Waals surface area contributed by atoms with E-state index in [9.17, 15) is 9.59 Å². The Bertz CT molecular complexity index is 926. The highest BCUT2D eigenvalue weighted by Gasteiger charge is 2.49. The molecule has 5 nitrogen and oxygen atoms in total. The van der Waals surface area contributed by atoms with Crippen molar-refractivity contribution in [2.24, 2.45) is 0 Å². The Hall–Kier alpha value is -2.25. The zero-order valence-corrected chi connectivity index (χ0v) is 19.5. The number of carbonyl (C=O) groups excluding carboxylic acids is 2. The van der Waals surface area contributed by atoms with Crippen LogP contribution in [0.15, 0.2) is 65.9 Å². The van der Waals surface area contributed by atoms with Crippen molar-refractivity contribution >= 4 is 39.6 Å². The SMILES string of the molecule is COc1ccc(COC(=O)C(=C(C)C)N2C(=O)[C@H](Br)[C@H]2SCc2ccccc2)cc1. The molecule has 2 aromatic rings. The summed E-state index contributed by atoms with van der Waals surface area (Å²) in [6.07, 6.45) is 0. The van der Waals surface area contributed by atoms with E-state index in [2.05, 4.69) is 15.9 Å². The number of β-lactam (4-membered cyclic amide) rings is 1. The van der Waals surface area contributed by atoms with Gasteiger partial charge in [-0.15, -0.1) is 11.8 Å². The van der Waals surface area contributed by atoms with E-state index in [1.165, 1.54) is 5.56 Å². The first-order valence-corrected chi connectivity index (χ1v) is 11.5. The molecule has 0 spiro atoms. The molecule has 1 heterocycles. The Balaban J connectivity index is 1.67. The fourth-order valence-electron chi connectivity index (χ4n) is 3.06. The predicted octanol–water partition coefficient (Wildman–Crippen LogP) is 4.90. The molecule has 0 N–H and O–H groups in total. The number of rotatable bonds is 8. The molecule has 0 unspecified atom stereocenters. The van der Waals surface area contributed by atoms with E-state index in [0.29, 0.717) is 5.70 Å². The maximum atomic E-state index is 12.9. The van der Waals surface area contributed by atoms with Crippen molar-refractivity contribution in [2.45, 2.75) is 36.4 Å². The molecule has 2 aromatic carbocycles. The van der Waals surface area contributed by atoms with Gasteiger partial charge in [0.25, 0.3) is 0 Å². The van der Waals surface area contributed by atoms with Gasteiger partial charge in [-0.05, 0) is 42.7 Å². The fraction of sp³-hybridized carbons (Fsp3) is 0.304. The summed E-state index contributed by atoms with van der Waals surface area (Å²) in [6.45, 7) is 3.76. The van der Waals surface area contributed by atoms with Gasteiger partial charge in [0.1, 0.15) is 28.3 Å². The van der Waals surface area contributed by atoms with Gasteiger partial charge in [0, 0.05) is 5.75 Å². The van der Waals surface area contributed by atoms with Crippen LogP contribution in [0.5, 0.6) is 5.75 Å². The van der Waals surface area contributed by atoms with Crippen LogP contribution in [0.1, 0.15) is 25.0 Å². The molecule has 1 amide bonds. The number of ether oxygens (including phenoxy) is 2. The number of alkyl halides is 1. The summed E-state index contributed by atoms with van der Waals surface area (Å²) >= 11 is 5.08. The molecule has 2 atom stereocenters. The van der Waals surface area contributed by atoms with Gasteiger partial charge in [-0.3, -0.25) is 9.69 Å². The van der Waals surface area contributed by atoms with Crippen LogP contribution in [-0.4, -0.2) is 34.1 Å². The van der Waals surface area contributed by atoms with Crippen molar-refractivity contribution in [3.8, 4) is 5.75 Å². The lowest BCUT2D eigenvalue weighted by atomic mass is 10.1. The molecule has 1 saturated heterocycles. The smallest absolute Gasteiger partial charge is 0.355 e. The van der Waals surface area contributed by atoms with E-state index >= 15 is 0 Å². The third-order valence-corrected chi connectivity index (χ3v) is 7.25. The molecule has 0 aromatic heterocycles. The van der Waals surface area contributed by atoms with Gasteiger partial charge >= 0.3 is 5.97 Å². The van der Waals surface area contributed by atoms with Crippen LogP contribution < -0.4 is 4.74 Å². The standard InChI is InChI=1S/C23H24BrNO4S/c1-15(2)20(23(27)29-13-16-9-11-18(28-3)12-10-16)25-21(26)19(24)22(25)30-14-17-7-5-4-6-8-17/h4-12,19,22H,13-14H2,1-3H3/t19-,22+/m0/s1. The minimum atomic E-state index is -0.496. The van der Waals surface area contributed by atoms with Gasteiger partial charge in [0.15, 0.2) is 0 Å². The van der Waals surface area contributed by atoms with Crippen molar-refractivity contribution in [3.63, 3.8) is 0 Å². The molecule has 0 aliphatic carbocycles. The van der Waals surface area contributed by atoms with E-state index < -0.39 is 5.97 Å². The van der Waals surface area contributed by atoms with Crippen molar-refractivity contribution in [1.82, 2.24) is 4.90 Å². The highest BCUT2D eigenvalue weighted by molar-refractivity contribution is 9.10. The number of amides is 1. The first kappa shape index (κ1) is 22.4. The van der Waals surface area contributed by atoms with E-state index in [0.717, 1.165) is 22.6 Å². The van der Waals surface area contributed by atoms with Gasteiger partial charge in [-0.25, -0.2) is 4.79 Å². The van der Waals surface area contributed by atoms with Gasteiger partial charge in [0.05, 0.1) is 7.11 Å². The average molecular weight is 490 g/mol. The summed E-state index contributed by atoms with van der Waals surface area (Å²) in [6, 6.07) is 17.4. The minimum absolute atomic E-state index is 0.126. The topological polar surface area (TPSA) is 55.8 Å². The lowest BCUT2D eigenvalue weighted by Crippen LogP contribution is -2.60. The second kappa shape index (κ2) is 10.2. The van der Waals surface area contributed by atoms with Gasteiger partial charge in [0.2, 0.25) is 5.91 Å². The van der Waals surface area contributed by atoms with Crippen LogP contribution >= 0.6 is 27.7 Å². The second-order valence-corrected chi connectivity index (χ2v) is 9.16. The summed E-state index contributed by atoms with van der Waals surface area (Å²) in [5, 5.41) is -0.170. The quantitative estimate of drug-likeness (QED) is 0.228. The predicted molar refractivity (Wildman–Crippen MR) is 122 cm³/mol. The highest BCUT2D eigenvalue weighted by atomic mass is 79.9. The monoisotopic (exact) mass is 489 g/mol. The number of benzene rings is 2. The van der Waals surface area contributed by atoms with Gasteiger partial charge in [-0.2, -0.15) is 0 Å². The number of likely N-dealkylation sites (tertiary alicyclic amines) is 1. The molecule has 0 saturated carbocycles. The number of nitrogens with zero attached hydrogens (tertiary/aromatic N) is 1. The van der Waals surface area contributed by atoms with Crippen molar-refractivity contribution in [2.75, 3.05) is 7.11 Å². The number of methoxy groups -OCH3 is 1. The molecule has 1 aliphatic rings. The number of thioether (sulfide) groups is 1. The zero-order valence-electron chi connectivity index (χ0n) is 17.1. The number of carbonyl (C=O) groups is 2. The minimum Gasteiger partial charge on any atom is -0.497 e. The Morgan fingerprint density at radius 1 is 1.07 bits per heavy atom. The number of allylic oxidation sites excluding steroid dienone is 1. The molecule has 0 radical (unpaired) electrons. The molecule has 3 rings (SSSR count). The summed E-state index contributed by atoms with van der Waals surface area (Å²) in [4.78, 5) is 26.7. The van der Waals surface area contributed by atoms with Crippen LogP contribution in [0.3, 0.4) is 0 Å². The molecule has 1 fully saturated rings. The van der Waals surface area contributed by atoms with E-state index in [4.69, 9.17) is 9.47 Å². The normalized spacial score (nSPS) is 17.9. The number of hydrogen-bond acceptors (Lipinski definition) is 5. The lowest BCUT2D eigenvalue weighted by molar-refractivity contribution is -0.149.